The van der Waals surface area contributed by atoms with E-state index in [4.69, 9.17) is 0 Å². The predicted octanol–water partition coefficient (Wildman–Crippen LogP) is 2.69. The average Bonchev–Trinajstić information content (AvgIpc) is 2.25. The first kappa shape index (κ1) is 11.9. The van der Waals surface area contributed by atoms with E-state index in [1.807, 2.05) is 13.0 Å². The Morgan fingerprint density at radius 2 is 2.25 bits per heavy atom. The maximum atomic E-state index is 13.3. The molecule has 1 aromatic carbocycles. The largest absolute Gasteiger partial charge is 0.366 e. The van der Waals surface area contributed by atoms with Crippen LogP contribution >= 0.6 is 15.9 Å². The average molecular weight is 287 g/mol. The molecule has 0 saturated carbocycles. The number of hydrogen-bond acceptors (Lipinski definition) is 2. The van der Waals surface area contributed by atoms with Gasteiger partial charge in [-0.3, -0.25) is 0 Å². The normalized spacial score (nSPS) is 21.2. The highest BCUT2D eigenvalue weighted by Crippen LogP contribution is 2.28. The van der Waals surface area contributed by atoms with Crippen molar-refractivity contribution in [1.82, 2.24) is 5.32 Å². The second kappa shape index (κ2) is 4.72. The van der Waals surface area contributed by atoms with Crippen LogP contribution < -0.4 is 10.2 Å². The highest BCUT2D eigenvalue weighted by Gasteiger charge is 2.20. The van der Waals surface area contributed by atoms with E-state index in [0.717, 1.165) is 30.9 Å². The molecule has 1 atom stereocenters. The van der Waals surface area contributed by atoms with Crippen molar-refractivity contribution in [2.45, 2.75) is 19.9 Å². The zero-order chi connectivity index (χ0) is 11.7. The molecule has 1 heterocycles. The number of anilines is 1. The Hall–Kier alpha value is -0.610. The Balaban J connectivity index is 2.35. The molecule has 0 radical (unpaired) electrons. The van der Waals surface area contributed by atoms with Gasteiger partial charge in [0.25, 0.3) is 0 Å². The Bertz CT molecular complexity index is 395. The van der Waals surface area contributed by atoms with Crippen LogP contribution in [0.25, 0.3) is 0 Å². The molecule has 1 unspecified atom stereocenters. The molecule has 1 saturated heterocycles. The zero-order valence-electron chi connectivity index (χ0n) is 9.56. The fourth-order valence-corrected chi connectivity index (χ4v) is 2.48. The van der Waals surface area contributed by atoms with Crippen LogP contribution in [0, 0.1) is 12.7 Å². The number of piperazine rings is 1. The number of rotatable bonds is 1. The molecule has 88 valence electrons. The molecule has 1 fully saturated rings. The summed E-state index contributed by atoms with van der Waals surface area (Å²) in [6.07, 6.45) is 0. The summed E-state index contributed by atoms with van der Waals surface area (Å²) < 4.78 is 13.9. The Labute approximate surface area is 104 Å². The van der Waals surface area contributed by atoms with Crippen molar-refractivity contribution >= 4 is 21.6 Å². The molecule has 2 nitrogen and oxygen atoms in total. The number of hydrogen-bond donors (Lipinski definition) is 1. The highest BCUT2D eigenvalue weighted by atomic mass is 79.9. The second-order valence-electron chi connectivity index (χ2n) is 4.30. The minimum atomic E-state index is -0.191. The topological polar surface area (TPSA) is 15.3 Å². The van der Waals surface area contributed by atoms with Crippen molar-refractivity contribution in [2.24, 2.45) is 0 Å². The minimum absolute atomic E-state index is 0.191. The number of benzene rings is 1. The van der Waals surface area contributed by atoms with E-state index in [1.165, 1.54) is 0 Å². The van der Waals surface area contributed by atoms with Crippen LogP contribution in [0.5, 0.6) is 0 Å². The molecule has 0 amide bonds. The molecule has 1 aliphatic heterocycles. The first-order valence-electron chi connectivity index (χ1n) is 5.52. The summed E-state index contributed by atoms with van der Waals surface area (Å²) in [5, 5.41) is 3.35. The molecule has 0 aromatic heterocycles. The standard InChI is InChI=1S/C12H16BrFN2/c1-8-5-11(14)10(13)6-12(8)16-4-3-15-7-9(16)2/h5-6,9,15H,3-4,7H2,1-2H3. The first-order valence-corrected chi connectivity index (χ1v) is 6.32. The van der Waals surface area contributed by atoms with E-state index in [0.29, 0.717) is 10.5 Å². The van der Waals surface area contributed by atoms with Crippen LogP contribution in [0.1, 0.15) is 12.5 Å². The fraction of sp³-hybridized carbons (Fsp3) is 0.500. The van der Waals surface area contributed by atoms with Crippen molar-refractivity contribution < 1.29 is 4.39 Å². The summed E-state index contributed by atoms with van der Waals surface area (Å²) in [4.78, 5) is 2.33. The van der Waals surface area contributed by atoms with Crippen molar-refractivity contribution in [3.05, 3.63) is 28.0 Å². The lowest BCUT2D eigenvalue weighted by atomic mass is 10.1. The molecule has 1 N–H and O–H groups in total. The SMILES string of the molecule is Cc1cc(F)c(Br)cc1N1CCNCC1C. The predicted molar refractivity (Wildman–Crippen MR) is 68.5 cm³/mol. The van der Waals surface area contributed by atoms with Gasteiger partial charge < -0.3 is 10.2 Å². The van der Waals surface area contributed by atoms with E-state index >= 15 is 0 Å². The van der Waals surface area contributed by atoms with Gasteiger partial charge in [-0.15, -0.1) is 0 Å². The third kappa shape index (κ3) is 2.23. The number of nitrogens with one attached hydrogen (secondary N) is 1. The minimum Gasteiger partial charge on any atom is -0.366 e. The van der Waals surface area contributed by atoms with Gasteiger partial charge in [0.05, 0.1) is 4.47 Å². The molecular formula is C12H16BrFN2. The van der Waals surface area contributed by atoms with Gasteiger partial charge in [-0.25, -0.2) is 4.39 Å². The van der Waals surface area contributed by atoms with Gasteiger partial charge >= 0.3 is 0 Å². The van der Waals surface area contributed by atoms with Crippen LogP contribution in [0.4, 0.5) is 10.1 Å². The molecule has 2 rings (SSSR count). The summed E-state index contributed by atoms with van der Waals surface area (Å²) in [6.45, 7) is 7.08. The van der Waals surface area contributed by atoms with Crippen LogP contribution in [-0.2, 0) is 0 Å². The summed E-state index contributed by atoms with van der Waals surface area (Å²) in [7, 11) is 0. The lowest BCUT2D eigenvalue weighted by Crippen LogP contribution is -2.50. The Morgan fingerprint density at radius 3 is 2.94 bits per heavy atom. The van der Waals surface area contributed by atoms with E-state index in [1.54, 1.807) is 6.07 Å². The van der Waals surface area contributed by atoms with Crippen molar-refractivity contribution in [3.63, 3.8) is 0 Å². The van der Waals surface area contributed by atoms with Crippen molar-refractivity contribution in [3.8, 4) is 0 Å². The zero-order valence-corrected chi connectivity index (χ0v) is 11.1. The third-order valence-corrected chi connectivity index (χ3v) is 3.66. The molecule has 0 spiro atoms. The molecule has 16 heavy (non-hydrogen) atoms. The quantitative estimate of drug-likeness (QED) is 0.854. The molecule has 1 aromatic rings. The summed E-state index contributed by atoms with van der Waals surface area (Å²) >= 11 is 3.25. The van der Waals surface area contributed by atoms with Crippen molar-refractivity contribution in [1.29, 1.82) is 0 Å². The fourth-order valence-electron chi connectivity index (χ4n) is 2.14. The van der Waals surface area contributed by atoms with E-state index in [9.17, 15) is 4.39 Å². The van der Waals surface area contributed by atoms with E-state index in [2.05, 4.69) is 33.1 Å². The lowest BCUT2D eigenvalue weighted by molar-refractivity contribution is 0.499. The Kier molecular flexibility index (Phi) is 3.50. The Morgan fingerprint density at radius 1 is 1.50 bits per heavy atom. The summed E-state index contributed by atoms with van der Waals surface area (Å²) in [6, 6.07) is 3.92. The van der Waals surface area contributed by atoms with Gasteiger partial charge in [0.1, 0.15) is 5.82 Å². The van der Waals surface area contributed by atoms with Gasteiger partial charge in [0, 0.05) is 31.4 Å². The van der Waals surface area contributed by atoms with E-state index < -0.39 is 0 Å². The molecule has 1 aliphatic rings. The van der Waals surface area contributed by atoms with Gasteiger partial charge in [0.2, 0.25) is 0 Å². The molecular weight excluding hydrogens is 271 g/mol. The van der Waals surface area contributed by atoms with E-state index in [-0.39, 0.29) is 5.82 Å². The van der Waals surface area contributed by atoms with Gasteiger partial charge in [0.15, 0.2) is 0 Å². The lowest BCUT2D eigenvalue weighted by Gasteiger charge is -2.37. The highest BCUT2D eigenvalue weighted by molar-refractivity contribution is 9.10. The first-order chi connectivity index (χ1) is 7.59. The number of aryl methyl sites for hydroxylation is 1. The van der Waals surface area contributed by atoms with Crippen molar-refractivity contribution in [2.75, 3.05) is 24.5 Å². The van der Waals surface area contributed by atoms with Gasteiger partial charge in [-0.1, -0.05) is 0 Å². The maximum absolute atomic E-state index is 13.3. The number of halogens is 2. The third-order valence-electron chi connectivity index (χ3n) is 3.05. The van der Waals surface area contributed by atoms with Gasteiger partial charge in [-0.2, -0.15) is 0 Å². The second-order valence-corrected chi connectivity index (χ2v) is 5.15. The summed E-state index contributed by atoms with van der Waals surface area (Å²) in [5.41, 5.74) is 2.12. The van der Waals surface area contributed by atoms with Crippen LogP contribution in [0.2, 0.25) is 0 Å². The molecule has 0 aliphatic carbocycles. The molecule has 4 heteroatoms. The van der Waals surface area contributed by atoms with Crippen LogP contribution in [-0.4, -0.2) is 25.7 Å². The number of nitrogens with zero attached hydrogens (tertiary/aromatic N) is 1. The van der Waals surface area contributed by atoms with Crippen LogP contribution in [0.15, 0.2) is 16.6 Å². The molecule has 0 bridgehead atoms. The van der Waals surface area contributed by atoms with Crippen LogP contribution in [0.3, 0.4) is 0 Å². The monoisotopic (exact) mass is 286 g/mol. The van der Waals surface area contributed by atoms with Gasteiger partial charge in [-0.05, 0) is 47.5 Å². The summed E-state index contributed by atoms with van der Waals surface area (Å²) in [5.74, 6) is -0.191. The maximum Gasteiger partial charge on any atom is 0.137 e. The smallest absolute Gasteiger partial charge is 0.137 e.